The topological polar surface area (TPSA) is 26.3 Å². The molecule has 0 spiro atoms. The van der Waals surface area contributed by atoms with Crippen LogP contribution in [0.15, 0.2) is 12.7 Å². The van der Waals surface area contributed by atoms with Gasteiger partial charge >= 0.3 is 5.97 Å². The van der Waals surface area contributed by atoms with E-state index >= 15 is 0 Å². The average Bonchev–Trinajstić information content (AvgIpc) is 2.48. The molecule has 0 amide bonds. The third kappa shape index (κ3) is 4.36. The lowest BCUT2D eigenvalue weighted by molar-refractivity contribution is -0.158. The summed E-state index contributed by atoms with van der Waals surface area (Å²) in [5.41, 5.74) is -0.180. The lowest BCUT2D eigenvalue weighted by atomic mass is 9.77. The van der Waals surface area contributed by atoms with Crippen molar-refractivity contribution in [1.29, 1.82) is 0 Å². The van der Waals surface area contributed by atoms with Crippen LogP contribution in [0.25, 0.3) is 0 Å². The second-order valence-electron chi connectivity index (χ2n) is 6.43. The maximum absolute atomic E-state index is 11.7. The highest BCUT2D eigenvalue weighted by Crippen LogP contribution is 2.40. The smallest absolute Gasteiger partial charge is 0.330 e. The summed E-state index contributed by atoms with van der Waals surface area (Å²) in [4.78, 5) is 11.7. The van der Waals surface area contributed by atoms with Crippen molar-refractivity contribution in [3.8, 4) is 0 Å². The predicted molar refractivity (Wildman–Crippen MR) is 77.9 cm³/mol. The highest BCUT2D eigenvalue weighted by molar-refractivity contribution is 5.81. The molecule has 2 aliphatic rings. The summed E-state index contributed by atoms with van der Waals surface area (Å²) in [5, 5.41) is 0. The van der Waals surface area contributed by atoms with Gasteiger partial charge in [0.2, 0.25) is 0 Å². The SMILES string of the molecule is C=CC(=O)OC12CCCCCCC(CCCCC1)C2. The van der Waals surface area contributed by atoms with E-state index in [-0.39, 0.29) is 11.6 Å². The molecule has 2 aliphatic carbocycles. The van der Waals surface area contributed by atoms with E-state index in [9.17, 15) is 4.79 Å². The van der Waals surface area contributed by atoms with Crippen molar-refractivity contribution in [1.82, 2.24) is 0 Å². The number of rotatable bonds is 2. The third-order valence-corrected chi connectivity index (χ3v) is 4.88. The quantitative estimate of drug-likeness (QED) is 0.530. The number of carbonyl (C=O) groups is 1. The Hall–Kier alpha value is -0.790. The molecule has 2 atom stereocenters. The Labute approximate surface area is 117 Å². The largest absolute Gasteiger partial charge is 0.456 e. The van der Waals surface area contributed by atoms with Gasteiger partial charge in [-0.05, 0) is 38.0 Å². The number of ether oxygens (including phenoxy) is 1. The average molecular weight is 264 g/mol. The first-order chi connectivity index (χ1) is 9.24. The van der Waals surface area contributed by atoms with Gasteiger partial charge in [-0.2, -0.15) is 0 Å². The molecule has 0 heterocycles. The number of carbonyl (C=O) groups excluding carboxylic acids is 1. The van der Waals surface area contributed by atoms with Crippen LogP contribution >= 0.6 is 0 Å². The van der Waals surface area contributed by atoms with Crippen LogP contribution in [-0.4, -0.2) is 11.6 Å². The Balaban J connectivity index is 2.14. The van der Waals surface area contributed by atoms with Gasteiger partial charge < -0.3 is 4.74 Å². The Morgan fingerprint density at radius 2 is 1.58 bits per heavy atom. The molecule has 2 nitrogen and oxygen atoms in total. The molecule has 108 valence electrons. The molecule has 2 fully saturated rings. The Morgan fingerprint density at radius 1 is 1.00 bits per heavy atom. The van der Waals surface area contributed by atoms with Crippen molar-refractivity contribution in [2.45, 2.75) is 82.7 Å². The van der Waals surface area contributed by atoms with Gasteiger partial charge in [-0.1, -0.05) is 51.5 Å². The maximum Gasteiger partial charge on any atom is 0.330 e. The molecule has 0 radical (unpaired) electrons. The van der Waals surface area contributed by atoms with Gasteiger partial charge in [0.15, 0.2) is 0 Å². The van der Waals surface area contributed by atoms with E-state index in [1.54, 1.807) is 0 Å². The summed E-state index contributed by atoms with van der Waals surface area (Å²) in [6.45, 7) is 3.56. The minimum Gasteiger partial charge on any atom is -0.456 e. The Kier molecular flexibility index (Phi) is 5.47. The van der Waals surface area contributed by atoms with Crippen molar-refractivity contribution >= 4 is 5.97 Å². The highest BCUT2D eigenvalue weighted by Gasteiger charge is 2.36. The highest BCUT2D eigenvalue weighted by atomic mass is 16.6. The molecule has 0 aromatic heterocycles. The number of hydrogen-bond donors (Lipinski definition) is 0. The molecule has 0 saturated heterocycles. The molecule has 2 unspecified atom stereocenters. The minimum atomic E-state index is -0.224. The lowest BCUT2D eigenvalue weighted by Crippen LogP contribution is -2.37. The van der Waals surface area contributed by atoms with E-state index in [1.807, 2.05) is 0 Å². The summed E-state index contributed by atoms with van der Waals surface area (Å²) >= 11 is 0. The molecule has 2 heteroatoms. The van der Waals surface area contributed by atoms with Gasteiger partial charge in [0.05, 0.1) is 0 Å². The zero-order chi connectivity index (χ0) is 13.6. The molecular formula is C17H28O2. The normalized spacial score (nSPS) is 32.9. The van der Waals surface area contributed by atoms with Crippen LogP contribution in [-0.2, 0) is 9.53 Å². The van der Waals surface area contributed by atoms with E-state index in [2.05, 4.69) is 6.58 Å². The van der Waals surface area contributed by atoms with Crippen LogP contribution in [0.4, 0.5) is 0 Å². The van der Waals surface area contributed by atoms with Crippen molar-refractivity contribution in [2.75, 3.05) is 0 Å². The first kappa shape index (κ1) is 14.6. The zero-order valence-corrected chi connectivity index (χ0v) is 12.2. The summed E-state index contributed by atoms with van der Waals surface area (Å²) in [7, 11) is 0. The Morgan fingerprint density at radius 3 is 2.21 bits per heavy atom. The van der Waals surface area contributed by atoms with E-state index < -0.39 is 0 Å². The third-order valence-electron chi connectivity index (χ3n) is 4.88. The molecule has 19 heavy (non-hydrogen) atoms. The molecular weight excluding hydrogens is 236 g/mol. The van der Waals surface area contributed by atoms with Gasteiger partial charge in [0.25, 0.3) is 0 Å². The molecule has 2 rings (SSSR count). The van der Waals surface area contributed by atoms with Gasteiger partial charge in [-0.15, -0.1) is 0 Å². The summed E-state index contributed by atoms with van der Waals surface area (Å²) in [6, 6.07) is 0. The molecule has 0 aromatic carbocycles. The Bertz CT molecular complexity index is 310. The number of fused-ring (bicyclic) bond motifs is 2. The zero-order valence-electron chi connectivity index (χ0n) is 12.2. The van der Waals surface area contributed by atoms with Crippen LogP contribution in [0.1, 0.15) is 77.0 Å². The van der Waals surface area contributed by atoms with Crippen LogP contribution in [0.3, 0.4) is 0 Å². The summed E-state index contributed by atoms with van der Waals surface area (Å²) in [6.07, 6.45) is 16.3. The monoisotopic (exact) mass is 264 g/mol. The second kappa shape index (κ2) is 7.12. The van der Waals surface area contributed by atoms with Crippen molar-refractivity contribution in [3.63, 3.8) is 0 Å². The van der Waals surface area contributed by atoms with Crippen molar-refractivity contribution in [3.05, 3.63) is 12.7 Å². The fourth-order valence-electron chi connectivity index (χ4n) is 3.89. The first-order valence-corrected chi connectivity index (χ1v) is 8.09. The van der Waals surface area contributed by atoms with Crippen LogP contribution in [0.2, 0.25) is 0 Å². The fourth-order valence-corrected chi connectivity index (χ4v) is 3.89. The molecule has 0 aliphatic heterocycles. The maximum atomic E-state index is 11.7. The van der Waals surface area contributed by atoms with Gasteiger partial charge in [-0.3, -0.25) is 0 Å². The molecule has 2 saturated carbocycles. The number of hydrogen-bond acceptors (Lipinski definition) is 2. The van der Waals surface area contributed by atoms with E-state index in [0.29, 0.717) is 0 Å². The standard InChI is InChI=1S/C17H28O2/c1-2-16(18)19-17-12-8-4-3-6-10-15(14-17)11-7-5-9-13-17/h2,15H,1,3-14H2. The first-order valence-electron chi connectivity index (χ1n) is 8.09. The molecule has 2 bridgehead atoms. The van der Waals surface area contributed by atoms with Gasteiger partial charge in [0.1, 0.15) is 5.60 Å². The summed E-state index contributed by atoms with van der Waals surface area (Å²) in [5.74, 6) is 0.537. The lowest BCUT2D eigenvalue weighted by Gasteiger charge is -2.37. The van der Waals surface area contributed by atoms with Gasteiger partial charge in [-0.25, -0.2) is 4.79 Å². The van der Waals surface area contributed by atoms with Crippen LogP contribution in [0.5, 0.6) is 0 Å². The number of esters is 1. The van der Waals surface area contributed by atoms with E-state index in [1.165, 1.54) is 63.9 Å². The van der Waals surface area contributed by atoms with Gasteiger partial charge in [0, 0.05) is 6.08 Å². The van der Waals surface area contributed by atoms with Crippen LogP contribution in [0, 0.1) is 5.92 Å². The summed E-state index contributed by atoms with van der Waals surface area (Å²) < 4.78 is 5.87. The van der Waals surface area contributed by atoms with Crippen molar-refractivity contribution < 1.29 is 9.53 Å². The van der Waals surface area contributed by atoms with E-state index in [0.717, 1.165) is 25.2 Å². The molecule has 0 aromatic rings. The minimum absolute atomic E-state index is 0.180. The second-order valence-corrected chi connectivity index (χ2v) is 6.43. The van der Waals surface area contributed by atoms with E-state index in [4.69, 9.17) is 4.74 Å². The predicted octanol–water partition coefficient (Wildman–Crippen LogP) is 4.78. The van der Waals surface area contributed by atoms with Crippen molar-refractivity contribution in [2.24, 2.45) is 5.92 Å². The van der Waals surface area contributed by atoms with Crippen LogP contribution < -0.4 is 0 Å². The fraction of sp³-hybridized carbons (Fsp3) is 0.824. The molecule has 0 N–H and O–H groups in total.